The van der Waals surface area contributed by atoms with E-state index >= 15 is 0 Å². The normalized spacial score (nSPS) is 10.2. The highest BCUT2D eigenvalue weighted by Gasteiger charge is 2.09. The van der Waals surface area contributed by atoms with Crippen molar-refractivity contribution in [3.63, 3.8) is 0 Å². The van der Waals surface area contributed by atoms with Gasteiger partial charge in [-0.25, -0.2) is 4.79 Å². The second kappa shape index (κ2) is 9.30. The molecule has 1 N–H and O–H groups in total. The third kappa shape index (κ3) is 6.64. The molecule has 1 amide bonds. The average Bonchev–Trinajstić information content (AvgIpc) is 2.60. The molecule has 5 nitrogen and oxygen atoms in total. The van der Waals surface area contributed by atoms with E-state index in [1.807, 2.05) is 6.92 Å². The molecule has 25 heavy (non-hydrogen) atoms. The van der Waals surface area contributed by atoms with Crippen molar-refractivity contribution in [3.8, 4) is 5.75 Å². The Morgan fingerprint density at radius 2 is 1.76 bits per heavy atom. The van der Waals surface area contributed by atoms with Crippen LogP contribution in [0.3, 0.4) is 0 Å². The SMILES string of the molecule is Cc1cc(OCC(=O)OCC(=O)NCc2ccc(Cl)cc2)ccc1Cl. The Morgan fingerprint density at radius 1 is 1.04 bits per heavy atom. The number of carbonyl (C=O) groups excluding carboxylic acids is 2. The van der Waals surface area contributed by atoms with Crippen molar-refractivity contribution in [3.05, 3.63) is 63.6 Å². The molecule has 2 aromatic rings. The molecular formula is C18H17Cl2NO4. The predicted molar refractivity (Wildman–Crippen MR) is 95.9 cm³/mol. The molecule has 132 valence electrons. The molecule has 0 aliphatic carbocycles. The number of hydrogen-bond donors (Lipinski definition) is 1. The first kappa shape index (κ1) is 19.1. The molecule has 0 saturated heterocycles. The van der Waals surface area contributed by atoms with Crippen molar-refractivity contribution in [1.29, 1.82) is 0 Å². The minimum absolute atomic E-state index is 0.286. The summed E-state index contributed by atoms with van der Waals surface area (Å²) in [7, 11) is 0. The monoisotopic (exact) mass is 381 g/mol. The molecule has 2 rings (SSSR count). The highest BCUT2D eigenvalue weighted by molar-refractivity contribution is 6.31. The largest absolute Gasteiger partial charge is 0.482 e. The summed E-state index contributed by atoms with van der Waals surface area (Å²) >= 11 is 11.7. The van der Waals surface area contributed by atoms with Gasteiger partial charge < -0.3 is 14.8 Å². The van der Waals surface area contributed by atoms with Crippen LogP contribution in [0, 0.1) is 6.92 Å². The maximum Gasteiger partial charge on any atom is 0.344 e. The van der Waals surface area contributed by atoms with E-state index in [2.05, 4.69) is 5.32 Å². The van der Waals surface area contributed by atoms with Gasteiger partial charge in [-0.05, 0) is 48.4 Å². The Kier molecular flexibility index (Phi) is 7.10. The van der Waals surface area contributed by atoms with E-state index in [9.17, 15) is 9.59 Å². The van der Waals surface area contributed by atoms with Gasteiger partial charge in [0.05, 0.1) is 0 Å². The van der Waals surface area contributed by atoms with E-state index in [0.717, 1.165) is 11.1 Å². The molecule has 0 aliphatic heterocycles. The van der Waals surface area contributed by atoms with Crippen LogP contribution in [-0.2, 0) is 20.9 Å². The second-order valence-corrected chi connectivity index (χ2v) is 6.11. The average molecular weight is 382 g/mol. The molecule has 0 aromatic heterocycles. The van der Waals surface area contributed by atoms with Gasteiger partial charge in [-0.1, -0.05) is 35.3 Å². The van der Waals surface area contributed by atoms with Crippen LogP contribution in [0.1, 0.15) is 11.1 Å². The van der Waals surface area contributed by atoms with E-state index in [1.165, 1.54) is 0 Å². The lowest BCUT2D eigenvalue weighted by atomic mass is 10.2. The summed E-state index contributed by atoms with van der Waals surface area (Å²) < 4.78 is 10.2. The van der Waals surface area contributed by atoms with Crippen LogP contribution in [-0.4, -0.2) is 25.1 Å². The molecule has 0 unspecified atom stereocenters. The number of carbonyl (C=O) groups is 2. The summed E-state index contributed by atoms with van der Waals surface area (Å²) in [6.07, 6.45) is 0. The van der Waals surface area contributed by atoms with Crippen LogP contribution in [0.15, 0.2) is 42.5 Å². The fraction of sp³-hybridized carbons (Fsp3) is 0.222. The Balaban J connectivity index is 1.67. The van der Waals surface area contributed by atoms with Crippen LogP contribution >= 0.6 is 23.2 Å². The van der Waals surface area contributed by atoms with Crippen molar-refractivity contribution in [1.82, 2.24) is 5.32 Å². The molecule has 0 radical (unpaired) electrons. The van der Waals surface area contributed by atoms with E-state index < -0.39 is 11.9 Å². The van der Waals surface area contributed by atoms with Gasteiger partial charge in [0.1, 0.15) is 5.75 Å². The lowest BCUT2D eigenvalue weighted by Crippen LogP contribution is -2.29. The topological polar surface area (TPSA) is 64.6 Å². The number of nitrogens with one attached hydrogen (secondary N) is 1. The molecule has 0 fully saturated rings. The number of ether oxygens (including phenoxy) is 2. The molecule has 0 saturated carbocycles. The smallest absolute Gasteiger partial charge is 0.344 e. The van der Waals surface area contributed by atoms with Gasteiger partial charge in [-0.3, -0.25) is 4.79 Å². The Bertz CT molecular complexity index is 747. The summed E-state index contributed by atoms with van der Waals surface area (Å²) in [4.78, 5) is 23.3. The fourth-order valence-corrected chi connectivity index (χ4v) is 2.13. The Hall–Kier alpha value is -2.24. The molecule has 0 spiro atoms. The molecule has 0 atom stereocenters. The van der Waals surface area contributed by atoms with Crippen LogP contribution in [0.5, 0.6) is 5.75 Å². The van der Waals surface area contributed by atoms with Crippen LogP contribution in [0.2, 0.25) is 10.0 Å². The fourth-order valence-electron chi connectivity index (χ4n) is 1.89. The van der Waals surface area contributed by atoms with Crippen LogP contribution in [0.25, 0.3) is 0 Å². The van der Waals surface area contributed by atoms with Gasteiger partial charge in [0.2, 0.25) is 0 Å². The number of hydrogen-bond acceptors (Lipinski definition) is 4. The highest BCUT2D eigenvalue weighted by Crippen LogP contribution is 2.20. The summed E-state index contributed by atoms with van der Waals surface area (Å²) in [6, 6.07) is 12.1. The Labute approximate surface area is 155 Å². The van der Waals surface area contributed by atoms with E-state index in [-0.39, 0.29) is 13.2 Å². The lowest BCUT2D eigenvalue weighted by Gasteiger charge is -2.09. The molecular weight excluding hydrogens is 365 g/mol. The number of amides is 1. The van der Waals surface area contributed by atoms with Gasteiger partial charge in [0.25, 0.3) is 5.91 Å². The van der Waals surface area contributed by atoms with Crippen molar-refractivity contribution in [2.75, 3.05) is 13.2 Å². The van der Waals surface area contributed by atoms with Crippen LogP contribution in [0.4, 0.5) is 0 Å². The molecule has 0 aliphatic rings. The summed E-state index contributed by atoms with van der Waals surface area (Å²) in [5.41, 5.74) is 1.74. The van der Waals surface area contributed by atoms with Crippen LogP contribution < -0.4 is 10.1 Å². The minimum Gasteiger partial charge on any atom is -0.482 e. The number of esters is 1. The van der Waals surface area contributed by atoms with Crippen molar-refractivity contribution < 1.29 is 19.1 Å². The third-order valence-corrected chi connectivity index (χ3v) is 3.93. The van der Waals surface area contributed by atoms with Crippen molar-refractivity contribution in [2.45, 2.75) is 13.5 Å². The Morgan fingerprint density at radius 3 is 2.44 bits per heavy atom. The van der Waals surface area contributed by atoms with E-state index in [1.54, 1.807) is 42.5 Å². The van der Waals surface area contributed by atoms with Gasteiger partial charge in [0.15, 0.2) is 13.2 Å². The molecule has 0 bridgehead atoms. The van der Waals surface area contributed by atoms with E-state index in [4.69, 9.17) is 32.7 Å². The first-order valence-corrected chi connectivity index (χ1v) is 8.25. The zero-order valence-electron chi connectivity index (χ0n) is 13.6. The second-order valence-electron chi connectivity index (χ2n) is 5.26. The van der Waals surface area contributed by atoms with Gasteiger partial charge >= 0.3 is 5.97 Å². The standard InChI is InChI=1S/C18H17Cl2NO4/c1-12-8-15(6-7-16(12)20)24-11-18(23)25-10-17(22)21-9-13-2-4-14(19)5-3-13/h2-8H,9-11H2,1H3,(H,21,22). The van der Waals surface area contributed by atoms with E-state index in [0.29, 0.717) is 22.3 Å². The van der Waals surface area contributed by atoms with Crippen molar-refractivity contribution >= 4 is 35.1 Å². The zero-order chi connectivity index (χ0) is 18.2. The first-order chi connectivity index (χ1) is 11.9. The minimum atomic E-state index is -0.630. The summed E-state index contributed by atoms with van der Waals surface area (Å²) in [5, 5.41) is 3.89. The summed E-state index contributed by atoms with van der Waals surface area (Å²) in [5.74, 6) is -0.522. The molecule has 7 heteroatoms. The first-order valence-electron chi connectivity index (χ1n) is 7.50. The van der Waals surface area contributed by atoms with Gasteiger partial charge in [-0.2, -0.15) is 0 Å². The number of aryl methyl sites for hydroxylation is 1. The quantitative estimate of drug-likeness (QED) is 0.744. The number of rotatable bonds is 7. The lowest BCUT2D eigenvalue weighted by molar-refractivity contribution is -0.150. The zero-order valence-corrected chi connectivity index (χ0v) is 15.1. The maximum atomic E-state index is 11.7. The van der Waals surface area contributed by atoms with Crippen molar-refractivity contribution in [2.24, 2.45) is 0 Å². The summed E-state index contributed by atoms with van der Waals surface area (Å²) in [6.45, 7) is 1.51. The molecule has 0 heterocycles. The number of halogens is 2. The maximum absolute atomic E-state index is 11.7. The predicted octanol–water partition coefficient (Wildman–Crippen LogP) is 3.54. The molecule has 2 aromatic carbocycles. The highest BCUT2D eigenvalue weighted by atomic mass is 35.5. The third-order valence-electron chi connectivity index (χ3n) is 3.25. The van der Waals surface area contributed by atoms with Gasteiger partial charge in [0, 0.05) is 16.6 Å². The van der Waals surface area contributed by atoms with Gasteiger partial charge in [-0.15, -0.1) is 0 Å². The number of benzene rings is 2.